The molecule has 0 aliphatic carbocycles. The molecule has 5 nitrogen and oxygen atoms in total. The number of nitrogens with two attached hydrogens (primary N) is 1. The topological polar surface area (TPSA) is 70.7 Å². The Balaban J connectivity index is 2.41. The van der Waals surface area contributed by atoms with Crippen molar-refractivity contribution in [1.82, 2.24) is 10.2 Å². The monoisotopic (exact) mass is 254 g/mol. The lowest BCUT2D eigenvalue weighted by atomic mass is 10.1. The van der Waals surface area contributed by atoms with Crippen LogP contribution in [0, 0.1) is 5.92 Å². The van der Waals surface area contributed by atoms with Crippen molar-refractivity contribution < 1.29 is 4.79 Å². The first kappa shape index (κ1) is 14.8. The average Bonchev–Trinajstić information content (AvgIpc) is 2.55. The van der Waals surface area contributed by atoms with Gasteiger partial charge in [0.15, 0.2) is 5.96 Å². The van der Waals surface area contributed by atoms with Crippen LogP contribution in [0.3, 0.4) is 0 Å². The van der Waals surface area contributed by atoms with E-state index in [0.29, 0.717) is 24.8 Å². The summed E-state index contributed by atoms with van der Waals surface area (Å²) in [7, 11) is 0. The maximum atomic E-state index is 11.7. The second kappa shape index (κ2) is 6.07. The lowest BCUT2D eigenvalue weighted by Crippen LogP contribution is -2.45. The maximum Gasteiger partial charge on any atom is 0.222 e. The molecule has 18 heavy (non-hydrogen) atoms. The van der Waals surface area contributed by atoms with Gasteiger partial charge in [-0.1, -0.05) is 6.92 Å². The minimum absolute atomic E-state index is 0.0761. The van der Waals surface area contributed by atoms with Crippen molar-refractivity contribution in [3.05, 3.63) is 0 Å². The Kier molecular flexibility index (Phi) is 4.99. The molecule has 1 fully saturated rings. The molecule has 1 saturated heterocycles. The molecule has 0 radical (unpaired) electrons. The molecular weight excluding hydrogens is 228 g/mol. The summed E-state index contributed by atoms with van der Waals surface area (Å²) in [5.74, 6) is 1.02. The zero-order valence-electron chi connectivity index (χ0n) is 12.0. The molecular formula is C13H26N4O. The van der Waals surface area contributed by atoms with Crippen LogP contribution in [0.2, 0.25) is 0 Å². The van der Waals surface area contributed by atoms with E-state index >= 15 is 0 Å². The number of amides is 1. The molecule has 0 aromatic carbocycles. The van der Waals surface area contributed by atoms with Crippen molar-refractivity contribution in [2.24, 2.45) is 16.6 Å². The number of hydrogen-bond acceptors (Lipinski definition) is 2. The third-order valence-electron chi connectivity index (χ3n) is 2.81. The standard InChI is InChI=1S/C13H26N4O/c1-5-6-17-9-10(7-11(17)18)8-15-12(14)16-13(2,3)4/h10H,5-9H2,1-4H3,(H3,14,15,16). The van der Waals surface area contributed by atoms with Gasteiger partial charge >= 0.3 is 0 Å². The van der Waals surface area contributed by atoms with Crippen LogP contribution in [0.25, 0.3) is 0 Å². The Morgan fingerprint density at radius 2 is 2.22 bits per heavy atom. The van der Waals surface area contributed by atoms with Crippen LogP contribution in [0.5, 0.6) is 0 Å². The lowest BCUT2D eigenvalue weighted by molar-refractivity contribution is -0.127. The van der Waals surface area contributed by atoms with Gasteiger partial charge in [-0.3, -0.25) is 9.79 Å². The van der Waals surface area contributed by atoms with Crippen molar-refractivity contribution in [3.63, 3.8) is 0 Å². The molecule has 0 aromatic rings. The number of aliphatic imine (C=N–C) groups is 1. The summed E-state index contributed by atoms with van der Waals surface area (Å²) in [6.07, 6.45) is 1.61. The number of carbonyl (C=O) groups is 1. The summed E-state index contributed by atoms with van der Waals surface area (Å²) in [5, 5.41) is 3.12. The Morgan fingerprint density at radius 3 is 2.78 bits per heavy atom. The van der Waals surface area contributed by atoms with E-state index in [4.69, 9.17) is 5.73 Å². The number of nitrogens with one attached hydrogen (secondary N) is 1. The first-order chi connectivity index (χ1) is 8.31. The molecule has 3 N–H and O–H groups in total. The summed E-state index contributed by atoms with van der Waals surface area (Å²) in [6.45, 7) is 10.5. The highest BCUT2D eigenvalue weighted by Gasteiger charge is 2.28. The Bertz CT molecular complexity index is 319. The Morgan fingerprint density at radius 1 is 1.56 bits per heavy atom. The quantitative estimate of drug-likeness (QED) is 0.579. The molecule has 0 bridgehead atoms. The number of rotatable bonds is 4. The Hall–Kier alpha value is -1.26. The highest BCUT2D eigenvalue weighted by Crippen LogP contribution is 2.18. The van der Waals surface area contributed by atoms with Gasteiger partial charge in [0.2, 0.25) is 5.91 Å². The van der Waals surface area contributed by atoms with Crippen molar-refractivity contribution in [2.75, 3.05) is 19.6 Å². The van der Waals surface area contributed by atoms with E-state index in [0.717, 1.165) is 19.5 Å². The molecule has 5 heteroatoms. The molecule has 1 heterocycles. The Labute approximate surface area is 110 Å². The van der Waals surface area contributed by atoms with Gasteiger partial charge in [0.25, 0.3) is 0 Å². The molecule has 1 aliphatic rings. The van der Waals surface area contributed by atoms with Crippen molar-refractivity contribution in [3.8, 4) is 0 Å². The van der Waals surface area contributed by atoms with Gasteiger partial charge in [-0.2, -0.15) is 0 Å². The molecule has 0 spiro atoms. The molecule has 0 aromatic heterocycles. The van der Waals surface area contributed by atoms with Crippen LogP contribution in [-0.2, 0) is 4.79 Å². The van der Waals surface area contributed by atoms with Gasteiger partial charge in [-0.05, 0) is 27.2 Å². The molecule has 1 amide bonds. The molecule has 0 saturated carbocycles. The molecule has 1 rings (SSSR count). The molecule has 1 unspecified atom stereocenters. The highest BCUT2D eigenvalue weighted by atomic mass is 16.2. The number of nitrogens with zero attached hydrogens (tertiary/aromatic N) is 2. The fourth-order valence-electron chi connectivity index (χ4n) is 2.11. The number of guanidine groups is 1. The van der Waals surface area contributed by atoms with E-state index < -0.39 is 0 Å². The van der Waals surface area contributed by atoms with E-state index in [1.54, 1.807) is 0 Å². The van der Waals surface area contributed by atoms with Gasteiger partial charge in [0.05, 0.1) is 0 Å². The predicted molar refractivity (Wildman–Crippen MR) is 74.4 cm³/mol. The van der Waals surface area contributed by atoms with Crippen LogP contribution in [0.1, 0.15) is 40.5 Å². The fraction of sp³-hybridized carbons (Fsp3) is 0.846. The summed E-state index contributed by atoms with van der Waals surface area (Å²) >= 11 is 0. The third-order valence-corrected chi connectivity index (χ3v) is 2.81. The lowest BCUT2D eigenvalue weighted by Gasteiger charge is -2.21. The second-order valence-electron chi connectivity index (χ2n) is 6.01. The van der Waals surface area contributed by atoms with Gasteiger partial charge in [-0.25, -0.2) is 0 Å². The predicted octanol–water partition coefficient (Wildman–Crippen LogP) is 0.948. The summed E-state index contributed by atoms with van der Waals surface area (Å²) < 4.78 is 0. The molecule has 1 atom stereocenters. The average molecular weight is 254 g/mol. The normalized spacial score (nSPS) is 21.6. The minimum Gasteiger partial charge on any atom is -0.370 e. The zero-order valence-corrected chi connectivity index (χ0v) is 12.0. The molecule has 104 valence electrons. The van der Waals surface area contributed by atoms with E-state index in [2.05, 4.69) is 17.2 Å². The van der Waals surface area contributed by atoms with Gasteiger partial charge < -0.3 is 16.0 Å². The number of carbonyl (C=O) groups excluding carboxylic acids is 1. The van der Waals surface area contributed by atoms with Crippen LogP contribution in [-0.4, -0.2) is 41.9 Å². The van der Waals surface area contributed by atoms with Crippen LogP contribution >= 0.6 is 0 Å². The maximum absolute atomic E-state index is 11.7. The van der Waals surface area contributed by atoms with E-state index in [9.17, 15) is 4.79 Å². The zero-order chi connectivity index (χ0) is 13.8. The van der Waals surface area contributed by atoms with Crippen LogP contribution in [0.4, 0.5) is 0 Å². The second-order valence-corrected chi connectivity index (χ2v) is 6.01. The number of likely N-dealkylation sites (tertiary alicyclic amines) is 1. The van der Waals surface area contributed by atoms with Crippen LogP contribution < -0.4 is 11.1 Å². The van der Waals surface area contributed by atoms with Gasteiger partial charge in [0, 0.05) is 37.5 Å². The van der Waals surface area contributed by atoms with Gasteiger partial charge in [-0.15, -0.1) is 0 Å². The summed E-state index contributed by atoms with van der Waals surface area (Å²) in [6, 6.07) is 0. The highest BCUT2D eigenvalue weighted by molar-refractivity contribution is 5.79. The third kappa shape index (κ3) is 4.94. The minimum atomic E-state index is -0.0761. The largest absolute Gasteiger partial charge is 0.370 e. The van der Waals surface area contributed by atoms with E-state index in [-0.39, 0.29) is 11.4 Å². The summed E-state index contributed by atoms with van der Waals surface area (Å²) in [4.78, 5) is 17.9. The first-order valence-electron chi connectivity index (χ1n) is 6.67. The van der Waals surface area contributed by atoms with Gasteiger partial charge in [0.1, 0.15) is 0 Å². The van der Waals surface area contributed by atoms with Crippen molar-refractivity contribution >= 4 is 11.9 Å². The SMILES string of the molecule is CCCN1CC(CN=C(N)NC(C)(C)C)CC1=O. The van der Waals surface area contributed by atoms with Crippen molar-refractivity contribution in [1.29, 1.82) is 0 Å². The molecule has 1 aliphatic heterocycles. The smallest absolute Gasteiger partial charge is 0.222 e. The van der Waals surface area contributed by atoms with E-state index in [1.807, 2.05) is 25.7 Å². The number of hydrogen-bond donors (Lipinski definition) is 2. The van der Waals surface area contributed by atoms with Crippen molar-refractivity contribution in [2.45, 2.75) is 46.1 Å². The van der Waals surface area contributed by atoms with Crippen LogP contribution in [0.15, 0.2) is 4.99 Å². The summed E-state index contributed by atoms with van der Waals surface area (Å²) in [5.41, 5.74) is 5.73. The fourth-order valence-corrected chi connectivity index (χ4v) is 2.11. The first-order valence-corrected chi connectivity index (χ1v) is 6.67. The van der Waals surface area contributed by atoms with E-state index in [1.165, 1.54) is 0 Å².